The number of halogens is 1. The molecule has 0 bridgehead atoms. The minimum Gasteiger partial charge on any atom is -0.462 e. The average molecular weight is 344 g/mol. The maximum Gasteiger partial charge on any atom is 0.350 e. The smallest absolute Gasteiger partial charge is 0.350 e. The van der Waals surface area contributed by atoms with Crippen LogP contribution in [0.4, 0.5) is 0 Å². The lowest BCUT2D eigenvalue weighted by Gasteiger charge is -2.02. The number of rotatable bonds is 4. The molecule has 0 aliphatic carbocycles. The first kappa shape index (κ1) is 15.7. The molecule has 2 aromatic carbocycles. The molecule has 116 valence electrons. The Balaban J connectivity index is 2.10. The van der Waals surface area contributed by atoms with Crippen LogP contribution < -0.4 is 0 Å². The van der Waals surface area contributed by atoms with Gasteiger partial charge < -0.3 is 4.74 Å². The van der Waals surface area contributed by atoms with Crippen molar-refractivity contribution in [2.75, 3.05) is 6.61 Å². The summed E-state index contributed by atoms with van der Waals surface area (Å²) in [6.45, 7) is 2.12. The van der Waals surface area contributed by atoms with Gasteiger partial charge in [-0.1, -0.05) is 54.1 Å². The Morgan fingerprint density at radius 1 is 1.09 bits per heavy atom. The van der Waals surface area contributed by atoms with E-state index in [0.29, 0.717) is 22.2 Å². The first-order valence-electron chi connectivity index (χ1n) is 7.18. The average Bonchev–Trinajstić information content (AvgIpc) is 3.02. The predicted molar refractivity (Wildman–Crippen MR) is 94.0 cm³/mol. The standard InChI is InChI=1S/C18H14ClNO2S/c1-2-22-18(21)16-15(12-8-10-14(19)11-9-12)20-17(23-16)13-6-4-3-5-7-13/h3-11H,2H2,1H3. The van der Waals surface area contributed by atoms with Gasteiger partial charge in [-0.15, -0.1) is 11.3 Å². The number of benzene rings is 2. The molecule has 1 heterocycles. The fourth-order valence-corrected chi connectivity index (χ4v) is 3.28. The van der Waals surface area contributed by atoms with Crippen LogP contribution >= 0.6 is 22.9 Å². The monoisotopic (exact) mass is 343 g/mol. The van der Waals surface area contributed by atoms with Crippen molar-refractivity contribution in [3.8, 4) is 21.8 Å². The second-order valence-electron chi connectivity index (χ2n) is 4.79. The van der Waals surface area contributed by atoms with Crippen molar-refractivity contribution < 1.29 is 9.53 Å². The molecule has 0 atom stereocenters. The van der Waals surface area contributed by atoms with Gasteiger partial charge in [0.25, 0.3) is 0 Å². The summed E-state index contributed by atoms with van der Waals surface area (Å²) in [6.07, 6.45) is 0. The normalized spacial score (nSPS) is 10.5. The summed E-state index contributed by atoms with van der Waals surface area (Å²) >= 11 is 7.28. The summed E-state index contributed by atoms with van der Waals surface area (Å²) < 4.78 is 5.17. The molecule has 5 heteroatoms. The quantitative estimate of drug-likeness (QED) is 0.603. The lowest BCUT2D eigenvalue weighted by atomic mass is 10.1. The molecule has 0 unspecified atom stereocenters. The Labute approximate surface area is 143 Å². The van der Waals surface area contributed by atoms with Crippen molar-refractivity contribution in [2.45, 2.75) is 6.92 Å². The largest absolute Gasteiger partial charge is 0.462 e. The van der Waals surface area contributed by atoms with E-state index in [0.717, 1.165) is 16.1 Å². The maximum atomic E-state index is 12.3. The van der Waals surface area contributed by atoms with E-state index in [2.05, 4.69) is 4.98 Å². The summed E-state index contributed by atoms with van der Waals surface area (Å²) in [6, 6.07) is 17.1. The van der Waals surface area contributed by atoms with E-state index in [1.165, 1.54) is 11.3 Å². The van der Waals surface area contributed by atoms with E-state index in [1.54, 1.807) is 19.1 Å². The lowest BCUT2D eigenvalue weighted by Crippen LogP contribution is -2.03. The highest BCUT2D eigenvalue weighted by atomic mass is 35.5. The van der Waals surface area contributed by atoms with Gasteiger partial charge in [-0.3, -0.25) is 0 Å². The summed E-state index contributed by atoms with van der Waals surface area (Å²) in [5, 5.41) is 1.43. The molecule has 0 N–H and O–H groups in total. The highest BCUT2D eigenvalue weighted by molar-refractivity contribution is 7.17. The zero-order valence-corrected chi connectivity index (χ0v) is 14.0. The third-order valence-electron chi connectivity index (χ3n) is 3.23. The van der Waals surface area contributed by atoms with Gasteiger partial charge >= 0.3 is 5.97 Å². The van der Waals surface area contributed by atoms with Crippen molar-refractivity contribution in [1.29, 1.82) is 0 Å². The zero-order chi connectivity index (χ0) is 16.2. The second kappa shape index (κ2) is 6.94. The van der Waals surface area contributed by atoms with Crippen LogP contribution in [0.25, 0.3) is 21.8 Å². The molecule has 0 spiro atoms. The van der Waals surface area contributed by atoms with Crippen LogP contribution in [-0.4, -0.2) is 17.6 Å². The van der Waals surface area contributed by atoms with E-state index < -0.39 is 0 Å². The maximum absolute atomic E-state index is 12.3. The van der Waals surface area contributed by atoms with Gasteiger partial charge in [0, 0.05) is 16.1 Å². The molecule has 1 aromatic heterocycles. The van der Waals surface area contributed by atoms with Gasteiger partial charge in [-0.2, -0.15) is 0 Å². The molecule has 0 fully saturated rings. The summed E-state index contributed by atoms with van der Waals surface area (Å²) in [7, 11) is 0. The first-order valence-corrected chi connectivity index (χ1v) is 8.37. The van der Waals surface area contributed by atoms with E-state index >= 15 is 0 Å². The SMILES string of the molecule is CCOC(=O)c1sc(-c2ccccc2)nc1-c1ccc(Cl)cc1. The topological polar surface area (TPSA) is 39.2 Å². The Hall–Kier alpha value is -2.17. The molecule has 0 aliphatic heterocycles. The predicted octanol–water partition coefficient (Wildman–Crippen LogP) is 5.31. The van der Waals surface area contributed by atoms with Crippen LogP contribution in [0.2, 0.25) is 5.02 Å². The summed E-state index contributed by atoms with van der Waals surface area (Å²) in [4.78, 5) is 17.4. The molecular weight excluding hydrogens is 330 g/mol. The number of hydrogen-bond acceptors (Lipinski definition) is 4. The van der Waals surface area contributed by atoms with E-state index in [-0.39, 0.29) is 5.97 Å². The van der Waals surface area contributed by atoms with Gasteiger partial charge in [-0.05, 0) is 19.1 Å². The number of hydrogen-bond donors (Lipinski definition) is 0. The van der Waals surface area contributed by atoms with E-state index in [1.807, 2.05) is 42.5 Å². The Kier molecular flexibility index (Phi) is 4.74. The summed E-state index contributed by atoms with van der Waals surface area (Å²) in [5.74, 6) is -0.350. The molecule has 23 heavy (non-hydrogen) atoms. The highest BCUT2D eigenvalue weighted by Gasteiger charge is 2.21. The minimum atomic E-state index is -0.350. The van der Waals surface area contributed by atoms with Crippen LogP contribution in [-0.2, 0) is 4.74 Å². The third-order valence-corrected chi connectivity index (χ3v) is 4.56. The molecule has 0 aliphatic rings. The Morgan fingerprint density at radius 2 is 1.78 bits per heavy atom. The molecule has 0 saturated carbocycles. The zero-order valence-electron chi connectivity index (χ0n) is 12.5. The molecule has 3 rings (SSSR count). The molecule has 0 radical (unpaired) electrons. The number of esters is 1. The fraction of sp³-hybridized carbons (Fsp3) is 0.111. The van der Waals surface area contributed by atoms with Crippen LogP contribution in [0, 0.1) is 0 Å². The number of nitrogens with zero attached hydrogens (tertiary/aromatic N) is 1. The highest BCUT2D eigenvalue weighted by Crippen LogP contribution is 2.34. The van der Waals surface area contributed by atoms with Crippen molar-refractivity contribution >= 4 is 28.9 Å². The second-order valence-corrected chi connectivity index (χ2v) is 6.23. The molecule has 0 amide bonds. The minimum absolute atomic E-state index is 0.331. The van der Waals surface area contributed by atoms with Crippen molar-refractivity contribution in [3.63, 3.8) is 0 Å². The van der Waals surface area contributed by atoms with Crippen LogP contribution in [0.1, 0.15) is 16.6 Å². The van der Waals surface area contributed by atoms with E-state index in [4.69, 9.17) is 16.3 Å². The summed E-state index contributed by atoms with van der Waals surface area (Å²) in [5.41, 5.74) is 2.45. The van der Waals surface area contributed by atoms with E-state index in [9.17, 15) is 4.79 Å². The number of ether oxygens (including phenoxy) is 1. The van der Waals surface area contributed by atoms with Crippen LogP contribution in [0.3, 0.4) is 0 Å². The molecular formula is C18H14ClNO2S. The lowest BCUT2D eigenvalue weighted by molar-refractivity contribution is 0.0532. The van der Waals surface area contributed by atoms with Gasteiger partial charge in [0.15, 0.2) is 0 Å². The van der Waals surface area contributed by atoms with Crippen molar-refractivity contribution in [1.82, 2.24) is 4.98 Å². The van der Waals surface area contributed by atoms with Gasteiger partial charge in [0.05, 0.1) is 12.3 Å². The van der Waals surface area contributed by atoms with Crippen LogP contribution in [0.5, 0.6) is 0 Å². The molecule has 3 nitrogen and oxygen atoms in total. The van der Waals surface area contributed by atoms with Crippen LogP contribution in [0.15, 0.2) is 54.6 Å². The van der Waals surface area contributed by atoms with Crippen molar-refractivity contribution in [2.24, 2.45) is 0 Å². The van der Waals surface area contributed by atoms with Gasteiger partial charge in [-0.25, -0.2) is 9.78 Å². The number of carbonyl (C=O) groups is 1. The van der Waals surface area contributed by atoms with Gasteiger partial charge in [0.1, 0.15) is 9.88 Å². The number of thiazole rings is 1. The van der Waals surface area contributed by atoms with Gasteiger partial charge in [0.2, 0.25) is 0 Å². The number of aromatic nitrogens is 1. The fourth-order valence-electron chi connectivity index (χ4n) is 2.16. The Morgan fingerprint density at radius 3 is 2.43 bits per heavy atom. The molecule has 0 saturated heterocycles. The number of carbonyl (C=O) groups excluding carboxylic acids is 1. The Bertz CT molecular complexity index is 813. The third kappa shape index (κ3) is 3.44. The first-order chi connectivity index (χ1) is 11.2. The van der Waals surface area contributed by atoms with Crippen molar-refractivity contribution in [3.05, 3.63) is 64.5 Å². The molecule has 3 aromatic rings.